The van der Waals surface area contributed by atoms with Crippen LogP contribution in [0.2, 0.25) is 10.0 Å². The molecule has 0 amide bonds. The standard InChI is InChI=1S/C16H21Cl2N5.C2H2O4/c1-21-8-10-22(11-9-21)7-5-19-16-4-6-23(20-16)13-2-3-14(17)15(18)12-13;3-1(4)2(5)6/h2-4,6,12H,5,7-11H2,1H3,(H,19,20);(H,3,4)(H,5,6). The number of piperazine rings is 1. The minimum absolute atomic E-state index is 0.532. The highest BCUT2D eigenvalue weighted by molar-refractivity contribution is 6.42. The lowest BCUT2D eigenvalue weighted by Crippen LogP contribution is -2.45. The quantitative estimate of drug-likeness (QED) is 0.601. The lowest BCUT2D eigenvalue weighted by Gasteiger charge is -2.32. The molecule has 0 saturated carbocycles. The summed E-state index contributed by atoms with van der Waals surface area (Å²) in [5.41, 5.74) is 0.895. The maximum atomic E-state index is 9.10. The van der Waals surface area contributed by atoms with Crippen LogP contribution in [0, 0.1) is 0 Å². The van der Waals surface area contributed by atoms with Crippen molar-refractivity contribution in [2.24, 2.45) is 0 Å². The summed E-state index contributed by atoms with van der Waals surface area (Å²) in [6.45, 7) is 6.49. The predicted octanol–water partition coefficient (Wildman–Crippen LogP) is 1.99. The second kappa shape index (κ2) is 11.0. The number of carboxylic acid groups (broad SMARTS) is 2. The summed E-state index contributed by atoms with van der Waals surface area (Å²) < 4.78 is 1.79. The van der Waals surface area contributed by atoms with Gasteiger partial charge in [0.15, 0.2) is 0 Å². The van der Waals surface area contributed by atoms with Crippen molar-refractivity contribution in [2.45, 2.75) is 0 Å². The number of benzene rings is 1. The van der Waals surface area contributed by atoms with Gasteiger partial charge in [-0.05, 0) is 25.2 Å². The molecule has 3 rings (SSSR count). The lowest BCUT2D eigenvalue weighted by atomic mass is 10.3. The Bertz CT molecular complexity index is 825. The normalized spacial score (nSPS) is 14.7. The van der Waals surface area contributed by atoms with E-state index in [9.17, 15) is 0 Å². The molecule has 1 saturated heterocycles. The summed E-state index contributed by atoms with van der Waals surface area (Å²) in [5, 5.41) is 23.8. The molecule has 1 aromatic carbocycles. The Morgan fingerprint density at radius 3 is 2.31 bits per heavy atom. The maximum Gasteiger partial charge on any atom is 0.414 e. The van der Waals surface area contributed by atoms with Crippen molar-refractivity contribution in [3.05, 3.63) is 40.5 Å². The van der Waals surface area contributed by atoms with Gasteiger partial charge in [-0.15, -0.1) is 0 Å². The van der Waals surface area contributed by atoms with Gasteiger partial charge in [-0.25, -0.2) is 14.3 Å². The second-order valence-electron chi connectivity index (χ2n) is 6.43. The Morgan fingerprint density at radius 1 is 1.07 bits per heavy atom. The zero-order valence-corrected chi connectivity index (χ0v) is 17.4. The van der Waals surface area contributed by atoms with Crippen LogP contribution >= 0.6 is 23.2 Å². The van der Waals surface area contributed by atoms with Crippen LogP contribution in [-0.2, 0) is 9.59 Å². The molecule has 9 nitrogen and oxygen atoms in total. The van der Waals surface area contributed by atoms with Crippen LogP contribution < -0.4 is 5.32 Å². The largest absolute Gasteiger partial charge is 0.473 e. The number of likely N-dealkylation sites (N-methyl/N-ethyl adjacent to an activating group) is 1. The molecular weight excluding hydrogens is 421 g/mol. The number of aliphatic carboxylic acids is 2. The first-order chi connectivity index (χ1) is 13.8. The van der Waals surface area contributed by atoms with Crippen molar-refractivity contribution in [1.82, 2.24) is 19.6 Å². The first-order valence-electron chi connectivity index (χ1n) is 8.88. The van der Waals surface area contributed by atoms with Gasteiger partial charge >= 0.3 is 11.9 Å². The van der Waals surface area contributed by atoms with Crippen LogP contribution in [0.25, 0.3) is 5.69 Å². The number of nitrogens with one attached hydrogen (secondary N) is 1. The van der Waals surface area contributed by atoms with E-state index in [-0.39, 0.29) is 0 Å². The van der Waals surface area contributed by atoms with Gasteiger partial charge in [0, 0.05) is 51.5 Å². The number of hydrogen-bond donors (Lipinski definition) is 3. The molecule has 0 atom stereocenters. The smallest absolute Gasteiger partial charge is 0.414 e. The molecule has 0 unspecified atom stereocenters. The molecule has 1 aromatic heterocycles. The Hall–Kier alpha value is -2.33. The topological polar surface area (TPSA) is 111 Å². The Morgan fingerprint density at radius 2 is 1.72 bits per heavy atom. The first kappa shape index (κ1) is 23.0. The molecule has 0 radical (unpaired) electrons. The van der Waals surface area contributed by atoms with Crippen molar-refractivity contribution in [1.29, 1.82) is 0 Å². The molecule has 1 aliphatic heterocycles. The van der Waals surface area contributed by atoms with E-state index in [1.54, 1.807) is 10.7 Å². The van der Waals surface area contributed by atoms with Crippen molar-refractivity contribution >= 4 is 41.0 Å². The average molecular weight is 444 g/mol. The van der Waals surface area contributed by atoms with Crippen LogP contribution in [-0.4, -0.2) is 88.0 Å². The van der Waals surface area contributed by atoms with Crippen molar-refractivity contribution < 1.29 is 19.8 Å². The number of hydrogen-bond acceptors (Lipinski definition) is 6. The summed E-state index contributed by atoms with van der Waals surface area (Å²) in [6, 6.07) is 7.45. The summed E-state index contributed by atoms with van der Waals surface area (Å²) in [7, 11) is 2.17. The minimum Gasteiger partial charge on any atom is -0.473 e. The van der Waals surface area contributed by atoms with E-state index in [1.165, 1.54) is 0 Å². The van der Waals surface area contributed by atoms with Gasteiger partial charge in [0.1, 0.15) is 5.82 Å². The van der Waals surface area contributed by atoms with Crippen molar-refractivity contribution in [2.75, 3.05) is 51.6 Å². The number of anilines is 1. The fraction of sp³-hybridized carbons (Fsp3) is 0.389. The predicted molar refractivity (Wildman–Crippen MR) is 111 cm³/mol. The summed E-state index contributed by atoms with van der Waals surface area (Å²) >= 11 is 12.0. The van der Waals surface area contributed by atoms with Gasteiger partial charge in [0.05, 0.1) is 15.7 Å². The van der Waals surface area contributed by atoms with Gasteiger partial charge < -0.3 is 20.4 Å². The van der Waals surface area contributed by atoms with E-state index < -0.39 is 11.9 Å². The van der Waals surface area contributed by atoms with E-state index in [1.807, 2.05) is 24.4 Å². The van der Waals surface area contributed by atoms with Crippen LogP contribution in [0.1, 0.15) is 0 Å². The number of aromatic nitrogens is 2. The van der Waals surface area contributed by atoms with Crippen LogP contribution in [0.5, 0.6) is 0 Å². The van der Waals surface area contributed by atoms with Crippen molar-refractivity contribution in [3.8, 4) is 5.69 Å². The van der Waals surface area contributed by atoms with Crippen LogP contribution in [0.4, 0.5) is 5.82 Å². The molecule has 0 spiro atoms. The Kier molecular flexibility index (Phi) is 8.71. The molecule has 3 N–H and O–H groups in total. The highest BCUT2D eigenvalue weighted by Gasteiger charge is 2.13. The van der Waals surface area contributed by atoms with Crippen LogP contribution in [0.3, 0.4) is 0 Å². The summed E-state index contributed by atoms with van der Waals surface area (Å²) in [6.07, 6.45) is 1.91. The van der Waals surface area contributed by atoms with E-state index in [0.29, 0.717) is 10.0 Å². The third-order valence-electron chi connectivity index (χ3n) is 4.27. The molecule has 158 valence electrons. The molecule has 0 aliphatic carbocycles. The number of halogens is 2. The molecule has 0 bridgehead atoms. The van der Waals surface area contributed by atoms with Gasteiger partial charge in [-0.1, -0.05) is 23.2 Å². The summed E-state index contributed by atoms with van der Waals surface area (Å²) in [5.74, 6) is -2.78. The van der Waals surface area contributed by atoms with Gasteiger partial charge in [-0.2, -0.15) is 5.10 Å². The number of carboxylic acids is 2. The number of nitrogens with zero attached hydrogens (tertiary/aromatic N) is 4. The zero-order chi connectivity index (χ0) is 21.4. The van der Waals surface area contributed by atoms with Gasteiger partial charge in [0.25, 0.3) is 0 Å². The maximum absolute atomic E-state index is 9.10. The third kappa shape index (κ3) is 7.54. The molecule has 1 fully saturated rings. The van der Waals surface area contributed by atoms with E-state index in [0.717, 1.165) is 50.8 Å². The Balaban J connectivity index is 0.000000438. The fourth-order valence-corrected chi connectivity index (χ4v) is 2.90. The summed E-state index contributed by atoms with van der Waals surface area (Å²) in [4.78, 5) is 23.0. The molecule has 2 heterocycles. The highest BCUT2D eigenvalue weighted by atomic mass is 35.5. The third-order valence-corrected chi connectivity index (χ3v) is 5.01. The average Bonchev–Trinajstić information content (AvgIpc) is 3.15. The Labute approximate surface area is 178 Å². The van der Waals surface area contributed by atoms with E-state index in [2.05, 4.69) is 27.3 Å². The number of rotatable bonds is 5. The van der Waals surface area contributed by atoms with E-state index in [4.69, 9.17) is 43.0 Å². The molecular formula is C18H23Cl2N5O4. The molecule has 29 heavy (non-hydrogen) atoms. The van der Waals surface area contributed by atoms with E-state index >= 15 is 0 Å². The van der Waals surface area contributed by atoms with Gasteiger partial charge in [-0.3, -0.25) is 4.90 Å². The van der Waals surface area contributed by atoms with Crippen molar-refractivity contribution in [3.63, 3.8) is 0 Å². The second-order valence-corrected chi connectivity index (χ2v) is 7.24. The fourth-order valence-electron chi connectivity index (χ4n) is 2.60. The molecule has 2 aromatic rings. The SMILES string of the molecule is CN1CCN(CCNc2ccn(-c3ccc(Cl)c(Cl)c3)n2)CC1.O=C(O)C(=O)O. The zero-order valence-electron chi connectivity index (χ0n) is 15.9. The minimum atomic E-state index is -1.82. The lowest BCUT2D eigenvalue weighted by molar-refractivity contribution is -0.159. The monoisotopic (exact) mass is 443 g/mol. The van der Waals surface area contributed by atoms with Gasteiger partial charge in [0.2, 0.25) is 0 Å². The molecule has 11 heteroatoms. The van der Waals surface area contributed by atoms with Crippen LogP contribution in [0.15, 0.2) is 30.5 Å². The highest BCUT2D eigenvalue weighted by Crippen LogP contribution is 2.24. The number of carbonyl (C=O) groups is 2. The first-order valence-corrected chi connectivity index (χ1v) is 9.64. The molecule has 1 aliphatic rings.